The van der Waals surface area contributed by atoms with Crippen LogP contribution in [0.4, 0.5) is 0 Å². The summed E-state index contributed by atoms with van der Waals surface area (Å²) in [4.78, 5) is 0. The van der Waals surface area contributed by atoms with Crippen LogP contribution in [0.15, 0.2) is 16.6 Å². The molecule has 1 aliphatic rings. The molecular formula is C13H17BrOS. The van der Waals surface area contributed by atoms with E-state index in [4.69, 9.17) is 4.74 Å². The van der Waals surface area contributed by atoms with Crippen LogP contribution >= 0.6 is 28.6 Å². The van der Waals surface area contributed by atoms with Crippen molar-refractivity contribution < 1.29 is 4.74 Å². The van der Waals surface area contributed by atoms with Crippen molar-refractivity contribution in [1.82, 2.24) is 0 Å². The highest BCUT2D eigenvalue weighted by Crippen LogP contribution is 2.46. The Morgan fingerprint density at radius 3 is 2.31 bits per heavy atom. The average molecular weight is 301 g/mol. The van der Waals surface area contributed by atoms with Crippen LogP contribution in [0.1, 0.15) is 24.0 Å². The number of hydrogen-bond acceptors (Lipinski definition) is 2. The maximum atomic E-state index is 5.87. The summed E-state index contributed by atoms with van der Waals surface area (Å²) in [7, 11) is 0. The molecule has 2 rings (SSSR count). The third-order valence-corrected chi connectivity index (χ3v) is 5.17. The Bertz CT molecular complexity index is 376. The van der Waals surface area contributed by atoms with E-state index in [1.165, 1.54) is 28.4 Å². The van der Waals surface area contributed by atoms with Gasteiger partial charge in [0.25, 0.3) is 0 Å². The van der Waals surface area contributed by atoms with Gasteiger partial charge in [-0.15, -0.1) is 0 Å². The number of ether oxygens (including phenoxy) is 1. The smallest absolute Gasteiger partial charge is 0.119 e. The predicted molar refractivity (Wildman–Crippen MR) is 74.6 cm³/mol. The van der Waals surface area contributed by atoms with Gasteiger partial charge in [0.2, 0.25) is 0 Å². The Hall–Kier alpha value is -0.150. The zero-order valence-electron chi connectivity index (χ0n) is 9.72. The average Bonchev–Trinajstić information content (AvgIpc) is 3.03. The zero-order valence-corrected chi connectivity index (χ0v) is 12.2. The molecule has 0 heterocycles. The highest BCUT2D eigenvalue weighted by Gasteiger charge is 2.42. The highest BCUT2D eigenvalue weighted by atomic mass is 79.9. The van der Waals surface area contributed by atoms with E-state index in [2.05, 4.69) is 54.5 Å². The van der Waals surface area contributed by atoms with Gasteiger partial charge in [0.15, 0.2) is 0 Å². The minimum absolute atomic E-state index is 0.359. The van der Waals surface area contributed by atoms with Gasteiger partial charge in [-0.05, 0) is 55.7 Å². The first-order valence-electron chi connectivity index (χ1n) is 5.57. The van der Waals surface area contributed by atoms with Crippen molar-refractivity contribution in [3.63, 3.8) is 0 Å². The summed E-state index contributed by atoms with van der Waals surface area (Å²) >= 11 is 7.94. The van der Waals surface area contributed by atoms with Gasteiger partial charge in [-0.1, -0.05) is 15.9 Å². The van der Waals surface area contributed by atoms with Crippen LogP contribution in [0.3, 0.4) is 0 Å². The van der Waals surface area contributed by atoms with Crippen molar-refractivity contribution in [2.45, 2.75) is 26.7 Å². The summed E-state index contributed by atoms with van der Waals surface area (Å²) < 4.78 is 7.05. The first kappa shape index (κ1) is 12.3. The van der Waals surface area contributed by atoms with E-state index in [1.807, 2.05) is 0 Å². The number of aryl methyl sites for hydroxylation is 2. The van der Waals surface area contributed by atoms with E-state index >= 15 is 0 Å². The first-order valence-corrected chi connectivity index (χ1v) is 6.99. The van der Waals surface area contributed by atoms with Crippen molar-refractivity contribution in [2.75, 3.05) is 12.4 Å². The van der Waals surface area contributed by atoms with E-state index in [0.29, 0.717) is 5.41 Å². The quantitative estimate of drug-likeness (QED) is 0.822. The van der Waals surface area contributed by atoms with Gasteiger partial charge < -0.3 is 4.74 Å². The van der Waals surface area contributed by atoms with E-state index in [9.17, 15) is 0 Å². The monoisotopic (exact) mass is 300 g/mol. The molecule has 0 saturated heterocycles. The van der Waals surface area contributed by atoms with Crippen molar-refractivity contribution >= 4 is 28.6 Å². The highest BCUT2D eigenvalue weighted by molar-refractivity contribution is 9.10. The third kappa shape index (κ3) is 2.57. The maximum absolute atomic E-state index is 5.87. The fraction of sp³-hybridized carbons (Fsp3) is 0.538. The van der Waals surface area contributed by atoms with E-state index in [0.717, 1.165) is 18.1 Å². The van der Waals surface area contributed by atoms with Crippen LogP contribution in [0, 0.1) is 19.3 Å². The van der Waals surface area contributed by atoms with Crippen LogP contribution in [-0.2, 0) is 0 Å². The van der Waals surface area contributed by atoms with Crippen LogP contribution in [0.5, 0.6) is 5.75 Å². The van der Waals surface area contributed by atoms with E-state index < -0.39 is 0 Å². The normalized spacial score (nSPS) is 17.2. The molecule has 1 fully saturated rings. The molecule has 1 aromatic rings. The molecular weight excluding hydrogens is 284 g/mol. The van der Waals surface area contributed by atoms with Crippen molar-refractivity contribution in [2.24, 2.45) is 5.41 Å². The maximum Gasteiger partial charge on any atom is 0.119 e. The van der Waals surface area contributed by atoms with Gasteiger partial charge in [0.1, 0.15) is 5.75 Å². The molecule has 0 radical (unpaired) electrons. The molecule has 88 valence electrons. The molecule has 1 aliphatic carbocycles. The lowest BCUT2D eigenvalue weighted by Gasteiger charge is -2.15. The molecule has 0 N–H and O–H groups in total. The second-order valence-electron chi connectivity index (χ2n) is 4.82. The molecule has 0 aromatic heterocycles. The second kappa shape index (κ2) is 4.61. The van der Waals surface area contributed by atoms with Crippen LogP contribution in [0.2, 0.25) is 0 Å². The Kier molecular flexibility index (Phi) is 3.55. The topological polar surface area (TPSA) is 9.23 Å². The van der Waals surface area contributed by atoms with Crippen molar-refractivity contribution in [3.05, 3.63) is 27.7 Å². The van der Waals surface area contributed by atoms with Crippen molar-refractivity contribution in [3.8, 4) is 5.75 Å². The molecule has 0 aliphatic heterocycles. The van der Waals surface area contributed by atoms with Crippen molar-refractivity contribution in [1.29, 1.82) is 0 Å². The van der Waals surface area contributed by atoms with Gasteiger partial charge in [0.05, 0.1) is 6.61 Å². The summed E-state index contributed by atoms with van der Waals surface area (Å²) in [5.41, 5.74) is 2.81. The van der Waals surface area contributed by atoms with Gasteiger partial charge in [-0.25, -0.2) is 0 Å². The number of halogens is 1. The Morgan fingerprint density at radius 2 is 1.88 bits per heavy atom. The molecule has 16 heavy (non-hydrogen) atoms. The summed E-state index contributed by atoms with van der Waals surface area (Å²) in [6.07, 6.45) is 2.51. The second-order valence-corrected chi connectivity index (χ2v) is 5.93. The van der Waals surface area contributed by atoms with Gasteiger partial charge >= 0.3 is 0 Å². The number of rotatable bonds is 4. The van der Waals surface area contributed by atoms with Gasteiger partial charge in [0, 0.05) is 9.89 Å². The van der Waals surface area contributed by atoms with Gasteiger partial charge in [-0.2, -0.15) is 12.6 Å². The van der Waals surface area contributed by atoms with Gasteiger partial charge in [-0.3, -0.25) is 0 Å². The Balaban J connectivity index is 2.05. The number of hydrogen-bond donors (Lipinski definition) is 1. The summed E-state index contributed by atoms with van der Waals surface area (Å²) in [6.45, 7) is 4.99. The van der Waals surface area contributed by atoms with E-state index in [1.54, 1.807) is 0 Å². The number of benzene rings is 1. The molecule has 1 nitrogen and oxygen atoms in total. The third-order valence-electron chi connectivity index (χ3n) is 3.25. The molecule has 0 spiro atoms. The SMILES string of the molecule is Cc1cc(OCC2(CS)CC2)cc(C)c1Br. The number of thiol groups is 1. The summed E-state index contributed by atoms with van der Waals surface area (Å²) in [6, 6.07) is 4.18. The summed E-state index contributed by atoms with van der Waals surface area (Å²) in [5, 5.41) is 0. The summed E-state index contributed by atoms with van der Waals surface area (Å²) in [5.74, 6) is 1.91. The Labute approximate surface area is 111 Å². The zero-order chi connectivity index (χ0) is 11.8. The van der Waals surface area contributed by atoms with E-state index in [-0.39, 0.29) is 0 Å². The lowest BCUT2D eigenvalue weighted by Crippen LogP contribution is -2.14. The molecule has 0 amide bonds. The van der Waals surface area contributed by atoms with Crippen LogP contribution in [-0.4, -0.2) is 12.4 Å². The molecule has 0 unspecified atom stereocenters. The molecule has 0 bridgehead atoms. The molecule has 1 aromatic carbocycles. The Morgan fingerprint density at radius 1 is 1.31 bits per heavy atom. The predicted octanol–water partition coefficient (Wildman–Crippen LogP) is 4.15. The molecule has 0 atom stereocenters. The standard InChI is InChI=1S/C13H17BrOS/c1-9-5-11(6-10(2)12(9)14)15-7-13(8-16)3-4-13/h5-6,16H,3-4,7-8H2,1-2H3. The minimum atomic E-state index is 0.359. The fourth-order valence-electron chi connectivity index (χ4n) is 1.75. The largest absolute Gasteiger partial charge is 0.493 e. The lowest BCUT2D eigenvalue weighted by atomic mass is 10.1. The molecule has 1 saturated carbocycles. The van der Waals surface area contributed by atoms with Crippen LogP contribution < -0.4 is 4.74 Å². The lowest BCUT2D eigenvalue weighted by molar-refractivity contribution is 0.250. The first-order chi connectivity index (χ1) is 7.56. The molecule has 3 heteroatoms. The van der Waals surface area contributed by atoms with Crippen LogP contribution in [0.25, 0.3) is 0 Å². The minimum Gasteiger partial charge on any atom is -0.493 e. The fourth-order valence-corrected chi connectivity index (χ4v) is 2.39.